The number of amides is 1. The van der Waals surface area contributed by atoms with Crippen LogP contribution < -0.4 is 0 Å². The number of carbonyl (C=O) groups excluding carboxylic acids is 1. The van der Waals surface area contributed by atoms with Crippen molar-refractivity contribution in [2.75, 3.05) is 37.1 Å². The van der Waals surface area contributed by atoms with Gasteiger partial charge in [-0.3, -0.25) is 4.79 Å². The smallest absolute Gasteiger partial charge is 0.223 e. The first-order chi connectivity index (χ1) is 6.79. The second-order valence-electron chi connectivity index (χ2n) is 3.21. The van der Waals surface area contributed by atoms with Crippen molar-refractivity contribution < 1.29 is 9.53 Å². The van der Waals surface area contributed by atoms with Gasteiger partial charge in [-0.15, -0.1) is 0 Å². The number of thioether (sulfide) groups is 1. The Labute approximate surface area is 97.7 Å². The second kappa shape index (κ2) is 6.69. The lowest BCUT2D eigenvalue weighted by Crippen LogP contribution is -2.49. The van der Waals surface area contributed by atoms with Crippen molar-refractivity contribution in [2.24, 2.45) is 0 Å². The van der Waals surface area contributed by atoms with Gasteiger partial charge in [0.15, 0.2) is 0 Å². The first kappa shape index (κ1) is 12.3. The zero-order valence-corrected chi connectivity index (χ0v) is 10.8. The molecule has 0 spiro atoms. The van der Waals surface area contributed by atoms with Gasteiger partial charge in [0.1, 0.15) is 0 Å². The van der Waals surface area contributed by atoms with Crippen LogP contribution in [0.3, 0.4) is 0 Å². The number of carbonyl (C=O) groups is 1. The zero-order valence-electron chi connectivity index (χ0n) is 8.37. The molecule has 1 heterocycles. The van der Waals surface area contributed by atoms with Gasteiger partial charge in [0.2, 0.25) is 5.91 Å². The summed E-state index contributed by atoms with van der Waals surface area (Å²) >= 11 is 5.12. The second-order valence-corrected chi connectivity index (χ2v) is 4.85. The van der Waals surface area contributed by atoms with E-state index in [-0.39, 0.29) is 11.9 Å². The van der Waals surface area contributed by atoms with Gasteiger partial charge >= 0.3 is 0 Å². The van der Waals surface area contributed by atoms with E-state index in [0.29, 0.717) is 19.6 Å². The predicted octanol–water partition coefficient (Wildman–Crippen LogP) is 1.36. The minimum Gasteiger partial charge on any atom is -0.377 e. The molecule has 1 saturated heterocycles. The van der Waals surface area contributed by atoms with Crippen LogP contribution in [0.2, 0.25) is 0 Å². The van der Waals surface area contributed by atoms with Crippen LogP contribution in [-0.4, -0.2) is 53.9 Å². The summed E-state index contributed by atoms with van der Waals surface area (Å²) in [5.74, 6) is 1.16. The first-order valence-corrected chi connectivity index (χ1v) is 7.23. The van der Waals surface area contributed by atoms with E-state index >= 15 is 0 Å². The molecule has 1 fully saturated rings. The molecule has 14 heavy (non-hydrogen) atoms. The van der Waals surface area contributed by atoms with Gasteiger partial charge in [0.25, 0.3) is 0 Å². The van der Waals surface area contributed by atoms with E-state index in [1.807, 2.05) is 11.2 Å². The highest BCUT2D eigenvalue weighted by molar-refractivity contribution is 9.09. The fourth-order valence-corrected chi connectivity index (χ4v) is 2.36. The molecule has 0 bridgehead atoms. The molecule has 1 atom stereocenters. The van der Waals surface area contributed by atoms with Gasteiger partial charge in [-0.05, 0) is 6.26 Å². The van der Waals surface area contributed by atoms with Gasteiger partial charge in [0.05, 0.1) is 19.3 Å². The maximum Gasteiger partial charge on any atom is 0.223 e. The molecule has 0 saturated carbocycles. The molecule has 1 aliphatic heterocycles. The van der Waals surface area contributed by atoms with Crippen LogP contribution in [0.25, 0.3) is 0 Å². The monoisotopic (exact) mass is 281 g/mol. The van der Waals surface area contributed by atoms with Gasteiger partial charge in [-0.1, -0.05) is 15.9 Å². The maximum absolute atomic E-state index is 11.8. The molecule has 5 heteroatoms. The maximum atomic E-state index is 11.8. The summed E-state index contributed by atoms with van der Waals surface area (Å²) in [5.41, 5.74) is 0. The Morgan fingerprint density at radius 3 is 3.14 bits per heavy atom. The quantitative estimate of drug-likeness (QED) is 0.729. The Balaban J connectivity index is 2.41. The van der Waals surface area contributed by atoms with E-state index in [2.05, 4.69) is 15.9 Å². The highest BCUT2D eigenvalue weighted by Crippen LogP contribution is 2.12. The molecular weight excluding hydrogens is 266 g/mol. The Morgan fingerprint density at radius 1 is 1.71 bits per heavy atom. The molecule has 0 aromatic carbocycles. The van der Waals surface area contributed by atoms with Gasteiger partial charge < -0.3 is 9.64 Å². The van der Waals surface area contributed by atoms with E-state index in [9.17, 15) is 4.79 Å². The van der Waals surface area contributed by atoms with E-state index in [0.717, 1.165) is 17.6 Å². The fourth-order valence-electron chi connectivity index (χ4n) is 1.44. The molecule has 1 unspecified atom stereocenters. The standard InChI is InChI=1S/C9H16BrNO2S/c1-14-5-2-9(12)11-3-4-13-7-8(11)6-10/h8H,2-7H2,1H3. The first-order valence-electron chi connectivity index (χ1n) is 4.71. The van der Waals surface area contributed by atoms with Crippen molar-refractivity contribution in [1.82, 2.24) is 4.90 Å². The molecule has 1 amide bonds. The van der Waals surface area contributed by atoms with Gasteiger partial charge in [-0.2, -0.15) is 11.8 Å². The Morgan fingerprint density at radius 2 is 2.50 bits per heavy atom. The third-order valence-electron chi connectivity index (χ3n) is 2.25. The van der Waals surface area contributed by atoms with Crippen LogP contribution in [-0.2, 0) is 9.53 Å². The number of rotatable bonds is 4. The SMILES string of the molecule is CSCCC(=O)N1CCOCC1CBr. The van der Waals surface area contributed by atoms with E-state index < -0.39 is 0 Å². The lowest BCUT2D eigenvalue weighted by molar-refractivity contribution is -0.138. The third-order valence-corrected chi connectivity index (χ3v) is 3.61. The largest absolute Gasteiger partial charge is 0.377 e. The predicted molar refractivity (Wildman–Crippen MR) is 63.1 cm³/mol. The summed E-state index contributed by atoms with van der Waals surface area (Å²) in [5, 5.41) is 0.804. The van der Waals surface area contributed by atoms with E-state index in [4.69, 9.17) is 4.74 Å². The number of hydrogen-bond donors (Lipinski definition) is 0. The molecule has 0 aromatic rings. The van der Waals surface area contributed by atoms with E-state index in [1.165, 1.54) is 0 Å². The van der Waals surface area contributed by atoms with Gasteiger partial charge in [0, 0.05) is 24.0 Å². The van der Waals surface area contributed by atoms with Crippen molar-refractivity contribution in [3.63, 3.8) is 0 Å². The normalized spacial score (nSPS) is 22.4. The van der Waals surface area contributed by atoms with Crippen molar-refractivity contribution in [3.8, 4) is 0 Å². The molecule has 3 nitrogen and oxygen atoms in total. The van der Waals surface area contributed by atoms with Crippen molar-refractivity contribution in [3.05, 3.63) is 0 Å². The van der Waals surface area contributed by atoms with Crippen LogP contribution in [0.1, 0.15) is 6.42 Å². The Bertz CT molecular complexity index is 192. The number of halogens is 1. The van der Waals surface area contributed by atoms with Crippen LogP contribution in [0.5, 0.6) is 0 Å². The third kappa shape index (κ3) is 3.44. The molecular formula is C9H16BrNO2S. The molecule has 0 radical (unpaired) electrons. The molecule has 0 aromatic heterocycles. The fraction of sp³-hybridized carbons (Fsp3) is 0.889. The summed E-state index contributed by atoms with van der Waals surface area (Å²) in [6, 6.07) is 0.220. The zero-order chi connectivity index (χ0) is 10.4. The molecule has 82 valence electrons. The van der Waals surface area contributed by atoms with Crippen molar-refractivity contribution >= 4 is 33.6 Å². The molecule has 0 N–H and O–H groups in total. The topological polar surface area (TPSA) is 29.5 Å². The Kier molecular flexibility index (Phi) is 5.89. The highest BCUT2D eigenvalue weighted by atomic mass is 79.9. The summed E-state index contributed by atoms with van der Waals surface area (Å²) in [6.07, 6.45) is 2.67. The minimum atomic E-state index is 0.220. The van der Waals surface area contributed by atoms with Crippen LogP contribution in [0.4, 0.5) is 0 Å². The van der Waals surface area contributed by atoms with Crippen LogP contribution >= 0.6 is 27.7 Å². The van der Waals surface area contributed by atoms with Crippen LogP contribution in [0, 0.1) is 0 Å². The number of hydrogen-bond acceptors (Lipinski definition) is 3. The summed E-state index contributed by atoms with van der Waals surface area (Å²) in [4.78, 5) is 13.7. The molecule has 0 aliphatic carbocycles. The molecule has 1 rings (SSSR count). The Hall–Kier alpha value is 0.260. The number of nitrogens with zero attached hydrogens (tertiary/aromatic N) is 1. The highest BCUT2D eigenvalue weighted by Gasteiger charge is 2.25. The van der Waals surface area contributed by atoms with Crippen molar-refractivity contribution in [1.29, 1.82) is 0 Å². The summed E-state index contributed by atoms with van der Waals surface area (Å²) < 4.78 is 5.33. The number of ether oxygens (including phenoxy) is 1. The minimum absolute atomic E-state index is 0.220. The van der Waals surface area contributed by atoms with Crippen LogP contribution in [0.15, 0.2) is 0 Å². The lowest BCUT2D eigenvalue weighted by atomic mass is 10.2. The van der Waals surface area contributed by atoms with Gasteiger partial charge in [-0.25, -0.2) is 0 Å². The summed E-state index contributed by atoms with van der Waals surface area (Å²) in [7, 11) is 0. The van der Waals surface area contributed by atoms with E-state index in [1.54, 1.807) is 11.8 Å². The molecule has 1 aliphatic rings. The average molecular weight is 282 g/mol. The lowest BCUT2D eigenvalue weighted by Gasteiger charge is -2.34. The summed E-state index contributed by atoms with van der Waals surface area (Å²) in [6.45, 7) is 2.08. The number of alkyl halides is 1. The average Bonchev–Trinajstić information content (AvgIpc) is 2.25. The van der Waals surface area contributed by atoms with Crippen molar-refractivity contribution in [2.45, 2.75) is 12.5 Å². The number of morpholine rings is 1.